The Balaban J connectivity index is 2.90. The van der Waals surface area contributed by atoms with Crippen molar-refractivity contribution in [2.45, 2.75) is 0 Å². The van der Waals surface area contributed by atoms with Crippen molar-refractivity contribution in [3.8, 4) is 6.07 Å². The summed E-state index contributed by atoms with van der Waals surface area (Å²) >= 11 is 2.24. The number of ether oxygens (including phenoxy) is 1. The molecular formula is C11H10INO. The molecule has 0 unspecified atom stereocenters. The largest absolute Gasteiger partial charge is 0.379 e. The molecule has 14 heavy (non-hydrogen) atoms. The van der Waals surface area contributed by atoms with Crippen LogP contribution in [0.4, 0.5) is 0 Å². The molecule has 0 aliphatic rings. The number of halogens is 1. The summed E-state index contributed by atoms with van der Waals surface area (Å²) in [4.78, 5) is 0. The van der Waals surface area contributed by atoms with E-state index in [1.165, 1.54) is 0 Å². The molecule has 3 heteroatoms. The fourth-order valence-electron chi connectivity index (χ4n) is 1.06. The van der Waals surface area contributed by atoms with Crippen LogP contribution in [0, 0.1) is 14.9 Å². The summed E-state index contributed by atoms with van der Waals surface area (Å²) < 4.78 is 6.06. The van der Waals surface area contributed by atoms with E-state index in [4.69, 9.17) is 10.00 Å². The Morgan fingerprint density at radius 2 is 2.43 bits per heavy atom. The second kappa shape index (κ2) is 5.78. The van der Waals surface area contributed by atoms with Gasteiger partial charge in [-0.25, -0.2) is 0 Å². The highest BCUT2D eigenvalue weighted by Crippen LogP contribution is 2.11. The summed E-state index contributed by atoms with van der Waals surface area (Å²) in [5, 5.41) is 8.79. The maximum atomic E-state index is 8.79. The first-order valence-electron chi connectivity index (χ1n) is 4.11. The Hall–Kier alpha value is -0.860. The summed E-state index contributed by atoms with van der Waals surface area (Å²) in [6, 6.07) is 10.1. The van der Waals surface area contributed by atoms with Crippen LogP contribution in [0.15, 0.2) is 29.8 Å². The molecule has 1 aromatic carbocycles. The molecule has 0 aromatic heterocycles. The van der Waals surface area contributed by atoms with Crippen molar-refractivity contribution < 1.29 is 4.74 Å². The van der Waals surface area contributed by atoms with Crippen LogP contribution >= 0.6 is 22.6 Å². The third-order valence-electron chi connectivity index (χ3n) is 1.63. The average molecular weight is 299 g/mol. The molecule has 1 aromatic rings. The topological polar surface area (TPSA) is 33.0 Å². The molecule has 0 heterocycles. The van der Waals surface area contributed by atoms with Crippen LogP contribution in [0.2, 0.25) is 0 Å². The van der Waals surface area contributed by atoms with Gasteiger partial charge >= 0.3 is 0 Å². The van der Waals surface area contributed by atoms with Crippen LogP contribution in [0.25, 0.3) is 6.08 Å². The highest BCUT2D eigenvalue weighted by Gasteiger charge is 1.95. The molecule has 0 atom stereocenters. The fourth-order valence-corrected chi connectivity index (χ4v) is 1.63. The van der Waals surface area contributed by atoms with Crippen LogP contribution in [0.5, 0.6) is 0 Å². The molecule has 0 fully saturated rings. The highest BCUT2D eigenvalue weighted by molar-refractivity contribution is 14.1. The number of nitrogens with zero attached hydrogens (tertiary/aromatic N) is 1. The molecule has 72 valence electrons. The molecule has 0 aliphatic heterocycles. The highest BCUT2D eigenvalue weighted by atomic mass is 127. The minimum Gasteiger partial charge on any atom is -0.379 e. The average Bonchev–Trinajstić information content (AvgIpc) is 2.17. The van der Waals surface area contributed by atoms with E-state index in [1.807, 2.05) is 30.3 Å². The molecule has 0 bridgehead atoms. The first-order chi connectivity index (χ1) is 6.76. The minimum absolute atomic E-state index is 0.363. The number of methoxy groups -OCH3 is 1. The van der Waals surface area contributed by atoms with E-state index >= 15 is 0 Å². The van der Waals surface area contributed by atoms with Crippen molar-refractivity contribution in [3.63, 3.8) is 0 Å². The molecule has 0 amide bonds. The summed E-state index contributed by atoms with van der Waals surface area (Å²) in [5.41, 5.74) is 1.67. The van der Waals surface area contributed by atoms with E-state index in [0.717, 1.165) is 9.13 Å². The second-order valence-corrected chi connectivity index (χ2v) is 4.02. The van der Waals surface area contributed by atoms with E-state index < -0.39 is 0 Å². The van der Waals surface area contributed by atoms with Gasteiger partial charge in [-0.05, 0) is 46.4 Å². The van der Waals surface area contributed by atoms with Crippen molar-refractivity contribution in [3.05, 3.63) is 39.0 Å². The molecule has 0 saturated carbocycles. The summed E-state index contributed by atoms with van der Waals surface area (Å²) in [7, 11) is 1.58. The Kier molecular flexibility index (Phi) is 4.63. The minimum atomic E-state index is 0.363. The molecule has 2 nitrogen and oxygen atoms in total. The Morgan fingerprint density at radius 1 is 1.64 bits per heavy atom. The van der Waals surface area contributed by atoms with E-state index in [9.17, 15) is 0 Å². The van der Waals surface area contributed by atoms with Gasteiger partial charge in [0.25, 0.3) is 0 Å². The number of hydrogen-bond acceptors (Lipinski definition) is 2. The summed E-state index contributed by atoms with van der Waals surface area (Å²) in [6.45, 7) is 0.363. The SMILES string of the molecule is COC/C(C#N)=C/c1cccc(I)c1. The quantitative estimate of drug-likeness (QED) is 0.635. The molecule has 0 spiro atoms. The number of hydrogen-bond donors (Lipinski definition) is 0. The Bertz CT molecular complexity index is 379. The third kappa shape index (κ3) is 3.48. The van der Waals surface area contributed by atoms with Gasteiger partial charge in [0.15, 0.2) is 0 Å². The standard InChI is InChI=1S/C11H10INO/c1-14-8-10(7-13)5-9-3-2-4-11(12)6-9/h2-6H,8H2,1H3/b10-5+. The maximum Gasteiger partial charge on any atom is 0.0971 e. The zero-order valence-electron chi connectivity index (χ0n) is 7.83. The van der Waals surface area contributed by atoms with Gasteiger partial charge in [0.05, 0.1) is 18.2 Å². The lowest BCUT2D eigenvalue weighted by Gasteiger charge is -1.97. The lowest BCUT2D eigenvalue weighted by atomic mass is 10.1. The lowest BCUT2D eigenvalue weighted by Crippen LogP contribution is -1.91. The molecule has 1 rings (SSSR count). The van der Waals surface area contributed by atoms with Gasteiger partial charge in [-0.1, -0.05) is 12.1 Å². The monoisotopic (exact) mass is 299 g/mol. The smallest absolute Gasteiger partial charge is 0.0971 e. The maximum absolute atomic E-state index is 8.79. The van der Waals surface area contributed by atoms with Gasteiger partial charge in [-0.2, -0.15) is 5.26 Å². The zero-order chi connectivity index (χ0) is 10.4. The first-order valence-corrected chi connectivity index (χ1v) is 5.19. The van der Waals surface area contributed by atoms with E-state index in [0.29, 0.717) is 12.2 Å². The van der Waals surface area contributed by atoms with Crippen molar-refractivity contribution in [2.24, 2.45) is 0 Å². The second-order valence-electron chi connectivity index (χ2n) is 2.77. The van der Waals surface area contributed by atoms with Crippen LogP contribution < -0.4 is 0 Å². The molecule has 0 aliphatic carbocycles. The van der Waals surface area contributed by atoms with Gasteiger partial charge in [-0.15, -0.1) is 0 Å². The molecule has 0 saturated heterocycles. The van der Waals surface area contributed by atoms with Crippen molar-refractivity contribution >= 4 is 28.7 Å². The molecular weight excluding hydrogens is 289 g/mol. The van der Waals surface area contributed by atoms with E-state index in [2.05, 4.69) is 28.7 Å². The zero-order valence-corrected chi connectivity index (χ0v) is 9.98. The predicted octanol–water partition coefficient (Wildman–Crippen LogP) is 2.84. The van der Waals surface area contributed by atoms with Crippen LogP contribution in [0.1, 0.15) is 5.56 Å². The van der Waals surface area contributed by atoms with Crippen LogP contribution in [-0.4, -0.2) is 13.7 Å². The number of rotatable bonds is 3. The van der Waals surface area contributed by atoms with Gasteiger partial charge in [0.2, 0.25) is 0 Å². The van der Waals surface area contributed by atoms with Crippen LogP contribution in [0.3, 0.4) is 0 Å². The first kappa shape index (κ1) is 11.2. The predicted molar refractivity (Wildman–Crippen MR) is 64.6 cm³/mol. The fraction of sp³-hybridized carbons (Fsp3) is 0.182. The van der Waals surface area contributed by atoms with Crippen molar-refractivity contribution in [2.75, 3.05) is 13.7 Å². The van der Waals surface area contributed by atoms with Gasteiger partial charge in [-0.3, -0.25) is 0 Å². The molecule has 0 N–H and O–H groups in total. The van der Waals surface area contributed by atoms with E-state index in [1.54, 1.807) is 7.11 Å². The third-order valence-corrected chi connectivity index (χ3v) is 2.30. The normalized spacial score (nSPS) is 11.1. The van der Waals surface area contributed by atoms with E-state index in [-0.39, 0.29) is 0 Å². The van der Waals surface area contributed by atoms with Gasteiger partial charge in [0.1, 0.15) is 0 Å². The van der Waals surface area contributed by atoms with Gasteiger partial charge in [0, 0.05) is 10.7 Å². The summed E-state index contributed by atoms with van der Waals surface area (Å²) in [6.07, 6.45) is 1.84. The van der Waals surface area contributed by atoms with Gasteiger partial charge < -0.3 is 4.74 Å². The Morgan fingerprint density at radius 3 is 3.00 bits per heavy atom. The molecule has 0 radical (unpaired) electrons. The number of nitriles is 1. The Labute approximate surface area is 97.3 Å². The van der Waals surface area contributed by atoms with Crippen LogP contribution in [-0.2, 0) is 4.74 Å². The lowest BCUT2D eigenvalue weighted by molar-refractivity contribution is 0.229. The summed E-state index contributed by atoms with van der Waals surface area (Å²) in [5.74, 6) is 0. The number of benzene rings is 1. The van der Waals surface area contributed by atoms with Crippen molar-refractivity contribution in [1.82, 2.24) is 0 Å². The van der Waals surface area contributed by atoms with Crippen molar-refractivity contribution in [1.29, 1.82) is 5.26 Å².